The molecule has 6 heteroatoms. The first-order valence-electron chi connectivity index (χ1n) is 8.90. The van der Waals surface area contributed by atoms with Crippen molar-refractivity contribution in [3.63, 3.8) is 0 Å². The molecule has 1 saturated heterocycles. The highest BCUT2D eigenvalue weighted by molar-refractivity contribution is 5.67. The van der Waals surface area contributed by atoms with Gasteiger partial charge in [0.2, 0.25) is 0 Å². The molecule has 1 aromatic heterocycles. The molecule has 3 rings (SSSR count). The van der Waals surface area contributed by atoms with Crippen LogP contribution in [0.3, 0.4) is 0 Å². The zero-order chi connectivity index (χ0) is 18.0. The molecule has 1 aliphatic rings. The number of aromatic nitrogens is 2. The Bertz CT molecular complexity index is 755. The number of alkyl carbamates (subject to hydrolysis) is 1. The smallest absolute Gasteiger partial charge is 0.407 e. The van der Waals surface area contributed by atoms with E-state index in [9.17, 15) is 4.79 Å². The van der Waals surface area contributed by atoms with E-state index < -0.39 is 6.09 Å². The average molecular weight is 353 g/mol. The van der Waals surface area contributed by atoms with Crippen molar-refractivity contribution in [2.75, 3.05) is 13.2 Å². The van der Waals surface area contributed by atoms with Gasteiger partial charge >= 0.3 is 6.09 Å². The summed E-state index contributed by atoms with van der Waals surface area (Å²) >= 11 is 0. The summed E-state index contributed by atoms with van der Waals surface area (Å²) in [6.45, 7) is 1.50. The third-order valence-electron chi connectivity index (χ3n) is 4.02. The van der Waals surface area contributed by atoms with Gasteiger partial charge in [-0.05, 0) is 24.8 Å². The minimum absolute atomic E-state index is 0.0281. The Morgan fingerprint density at radius 1 is 1.35 bits per heavy atom. The van der Waals surface area contributed by atoms with Crippen molar-refractivity contribution in [3.8, 4) is 11.8 Å². The van der Waals surface area contributed by atoms with Crippen molar-refractivity contribution in [2.45, 2.75) is 38.5 Å². The number of nitrogens with one attached hydrogen (secondary N) is 1. The maximum Gasteiger partial charge on any atom is 0.407 e. The van der Waals surface area contributed by atoms with Gasteiger partial charge in [-0.3, -0.25) is 0 Å². The molecular formula is C20H23N3O3. The topological polar surface area (TPSA) is 65.4 Å². The van der Waals surface area contributed by atoms with E-state index >= 15 is 0 Å². The fourth-order valence-electron chi connectivity index (χ4n) is 2.66. The first-order chi connectivity index (χ1) is 12.8. The van der Waals surface area contributed by atoms with Gasteiger partial charge < -0.3 is 14.8 Å². The number of carbonyl (C=O) groups excluding carboxylic acids is 1. The molecule has 0 spiro atoms. The van der Waals surface area contributed by atoms with Gasteiger partial charge in [-0.2, -0.15) is 5.10 Å². The van der Waals surface area contributed by atoms with Crippen molar-refractivity contribution >= 4 is 6.09 Å². The van der Waals surface area contributed by atoms with Crippen LogP contribution in [0.15, 0.2) is 42.7 Å². The van der Waals surface area contributed by atoms with Crippen LogP contribution in [0.25, 0.3) is 0 Å². The maximum absolute atomic E-state index is 11.6. The standard InChI is InChI=1S/C20H23N3O3/c24-20(26-16-17-8-2-1-3-9-17)21-12-6-4-10-18-14-22-23(15-18)19-11-5-7-13-25-19/h1-3,8-9,14-15,19H,5-7,11-13,16H2,(H,21,24)/t19-/m0/s1. The highest BCUT2D eigenvalue weighted by atomic mass is 16.5. The number of hydrogen-bond acceptors (Lipinski definition) is 4. The minimum atomic E-state index is -0.432. The maximum atomic E-state index is 11.6. The van der Waals surface area contributed by atoms with Crippen molar-refractivity contribution < 1.29 is 14.3 Å². The molecule has 1 atom stereocenters. The number of ether oxygens (including phenoxy) is 2. The SMILES string of the molecule is O=C(NCCC#Cc1cnn([C@@H]2CCCCO2)c1)OCc1ccccc1. The van der Waals surface area contributed by atoms with Crippen molar-refractivity contribution in [1.29, 1.82) is 0 Å². The molecule has 6 nitrogen and oxygen atoms in total. The molecule has 26 heavy (non-hydrogen) atoms. The summed E-state index contributed by atoms with van der Waals surface area (Å²) in [5.74, 6) is 6.09. The second kappa shape index (κ2) is 9.64. The summed E-state index contributed by atoms with van der Waals surface area (Å²) in [4.78, 5) is 11.6. The van der Waals surface area contributed by atoms with Crippen LogP contribution in [0.4, 0.5) is 4.79 Å². The molecule has 0 aliphatic carbocycles. The molecule has 1 aromatic carbocycles. The lowest BCUT2D eigenvalue weighted by Gasteiger charge is -2.22. The Labute approximate surface area is 153 Å². The monoisotopic (exact) mass is 353 g/mol. The van der Waals surface area contributed by atoms with E-state index in [1.54, 1.807) is 6.20 Å². The average Bonchev–Trinajstić information content (AvgIpc) is 3.16. The Kier molecular flexibility index (Phi) is 6.68. The Balaban J connectivity index is 1.35. The van der Waals surface area contributed by atoms with Gasteiger partial charge in [-0.15, -0.1) is 0 Å². The van der Waals surface area contributed by atoms with Gasteiger partial charge in [-0.25, -0.2) is 9.48 Å². The Morgan fingerprint density at radius 2 is 2.23 bits per heavy atom. The highest BCUT2D eigenvalue weighted by Gasteiger charge is 2.15. The van der Waals surface area contributed by atoms with Gasteiger partial charge in [0.05, 0.1) is 11.8 Å². The van der Waals surface area contributed by atoms with E-state index in [2.05, 4.69) is 22.3 Å². The van der Waals surface area contributed by atoms with E-state index in [0.717, 1.165) is 37.0 Å². The largest absolute Gasteiger partial charge is 0.445 e. The van der Waals surface area contributed by atoms with Crippen LogP contribution in [0, 0.1) is 11.8 Å². The molecule has 1 fully saturated rings. The van der Waals surface area contributed by atoms with Gasteiger partial charge in [0, 0.05) is 25.8 Å². The van der Waals surface area contributed by atoms with E-state index in [-0.39, 0.29) is 12.8 Å². The molecule has 2 heterocycles. The summed E-state index contributed by atoms with van der Waals surface area (Å²) in [5, 5.41) is 7.01. The quantitative estimate of drug-likeness (QED) is 0.662. The third kappa shape index (κ3) is 5.64. The lowest BCUT2D eigenvalue weighted by Crippen LogP contribution is -2.24. The first-order valence-corrected chi connectivity index (χ1v) is 8.90. The van der Waals surface area contributed by atoms with Crippen LogP contribution in [0.1, 0.15) is 43.0 Å². The second-order valence-electron chi connectivity index (χ2n) is 6.07. The zero-order valence-corrected chi connectivity index (χ0v) is 14.7. The van der Waals surface area contributed by atoms with Crippen LogP contribution >= 0.6 is 0 Å². The summed E-state index contributed by atoms with van der Waals surface area (Å²) in [6, 6.07) is 9.58. The fraction of sp³-hybridized carbons (Fsp3) is 0.400. The van der Waals surface area contributed by atoms with Crippen LogP contribution in [0.2, 0.25) is 0 Å². The van der Waals surface area contributed by atoms with Crippen molar-refractivity contribution in [2.24, 2.45) is 0 Å². The highest BCUT2D eigenvalue weighted by Crippen LogP contribution is 2.21. The molecule has 1 aliphatic heterocycles. The van der Waals surface area contributed by atoms with E-state index in [1.165, 1.54) is 0 Å². The number of carbonyl (C=O) groups is 1. The fourth-order valence-corrected chi connectivity index (χ4v) is 2.66. The molecule has 0 saturated carbocycles. The molecular weight excluding hydrogens is 330 g/mol. The summed E-state index contributed by atoms with van der Waals surface area (Å²) < 4.78 is 12.7. The van der Waals surface area contributed by atoms with Crippen molar-refractivity contribution in [3.05, 3.63) is 53.9 Å². The normalized spacial score (nSPS) is 16.4. The van der Waals surface area contributed by atoms with E-state index in [0.29, 0.717) is 13.0 Å². The minimum Gasteiger partial charge on any atom is -0.445 e. The molecule has 0 radical (unpaired) electrons. The predicted molar refractivity (Wildman–Crippen MR) is 97.2 cm³/mol. The van der Waals surface area contributed by atoms with Crippen LogP contribution in [0.5, 0.6) is 0 Å². The van der Waals surface area contributed by atoms with Crippen LogP contribution < -0.4 is 5.32 Å². The van der Waals surface area contributed by atoms with Gasteiger partial charge in [0.25, 0.3) is 0 Å². The number of benzene rings is 1. The van der Waals surface area contributed by atoms with E-state index in [4.69, 9.17) is 9.47 Å². The zero-order valence-electron chi connectivity index (χ0n) is 14.7. The third-order valence-corrected chi connectivity index (χ3v) is 4.02. The second-order valence-corrected chi connectivity index (χ2v) is 6.07. The molecule has 1 amide bonds. The Morgan fingerprint density at radius 3 is 3.04 bits per heavy atom. The summed E-state index contributed by atoms with van der Waals surface area (Å²) in [7, 11) is 0. The van der Waals surface area contributed by atoms with Crippen LogP contribution in [-0.2, 0) is 16.1 Å². The predicted octanol–water partition coefficient (Wildman–Crippen LogP) is 3.25. The number of amides is 1. The summed E-state index contributed by atoms with van der Waals surface area (Å²) in [5.41, 5.74) is 1.81. The number of hydrogen-bond donors (Lipinski definition) is 1. The Hall–Kier alpha value is -2.78. The lowest BCUT2D eigenvalue weighted by atomic mass is 10.2. The van der Waals surface area contributed by atoms with Crippen molar-refractivity contribution in [1.82, 2.24) is 15.1 Å². The number of rotatable bonds is 5. The van der Waals surface area contributed by atoms with Gasteiger partial charge in [-0.1, -0.05) is 42.2 Å². The van der Waals surface area contributed by atoms with Crippen LogP contribution in [-0.4, -0.2) is 29.0 Å². The lowest BCUT2D eigenvalue weighted by molar-refractivity contribution is -0.0395. The number of nitrogens with zero attached hydrogens (tertiary/aromatic N) is 2. The summed E-state index contributed by atoms with van der Waals surface area (Å²) in [6.07, 6.45) is 7.06. The molecule has 1 N–H and O–H groups in total. The molecule has 0 bridgehead atoms. The van der Waals surface area contributed by atoms with Gasteiger partial charge in [0.15, 0.2) is 0 Å². The molecule has 136 valence electrons. The van der Waals surface area contributed by atoms with Gasteiger partial charge in [0.1, 0.15) is 12.8 Å². The molecule has 2 aromatic rings. The molecule has 0 unspecified atom stereocenters. The van der Waals surface area contributed by atoms with E-state index in [1.807, 2.05) is 41.2 Å². The first kappa shape index (κ1) is 18.0.